The van der Waals surface area contributed by atoms with Gasteiger partial charge in [0.05, 0.1) is 11.9 Å². The van der Waals surface area contributed by atoms with Crippen molar-refractivity contribution < 1.29 is 18.0 Å². The number of aryl methyl sites for hydroxylation is 1. The van der Waals surface area contributed by atoms with Gasteiger partial charge in [0.25, 0.3) is 0 Å². The van der Waals surface area contributed by atoms with Crippen LogP contribution in [0, 0.1) is 13.8 Å². The van der Waals surface area contributed by atoms with E-state index in [2.05, 4.69) is 21.2 Å². The Morgan fingerprint density at radius 2 is 1.56 bits per heavy atom. The van der Waals surface area contributed by atoms with Crippen molar-refractivity contribution in [2.75, 3.05) is 17.1 Å². The fraction of sp³-hybridized carbons (Fsp3) is 0.375. The summed E-state index contributed by atoms with van der Waals surface area (Å²) in [4.78, 5) is 29.0. The molecule has 0 fully saturated rings. The molecule has 41 heavy (non-hydrogen) atoms. The molecule has 9 heteroatoms. The Bertz CT molecular complexity index is 1430. The Morgan fingerprint density at radius 3 is 2.17 bits per heavy atom. The Hall–Kier alpha value is -3.17. The fourth-order valence-electron chi connectivity index (χ4n) is 4.71. The number of hydrogen-bond acceptors (Lipinski definition) is 4. The molecule has 2 amide bonds. The molecular weight excluding hydrogens is 602 g/mol. The van der Waals surface area contributed by atoms with Crippen molar-refractivity contribution in [3.8, 4) is 0 Å². The van der Waals surface area contributed by atoms with Crippen LogP contribution in [0.25, 0.3) is 0 Å². The first-order valence-corrected chi connectivity index (χ1v) is 16.4. The number of rotatable bonds is 13. The third-order valence-electron chi connectivity index (χ3n) is 6.97. The van der Waals surface area contributed by atoms with E-state index in [0.29, 0.717) is 18.5 Å². The van der Waals surface area contributed by atoms with Crippen LogP contribution in [0.3, 0.4) is 0 Å². The molecule has 3 aromatic rings. The number of carbonyl (C=O) groups excluding carboxylic acids is 2. The van der Waals surface area contributed by atoms with E-state index in [4.69, 9.17) is 0 Å². The summed E-state index contributed by atoms with van der Waals surface area (Å²) in [6.07, 6.45) is 1.94. The minimum atomic E-state index is -3.57. The SMILES string of the molecule is Cc1cccc(N(CCCC(=O)N(Cc2ccc(Br)cc2)[C@@H](Cc2ccccc2)C(=O)NC(C)C)S(C)(=O)=O)c1C. The lowest BCUT2D eigenvalue weighted by molar-refractivity contribution is -0.141. The third-order valence-corrected chi connectivity index (χ3v) is 8.67. The van der Waals surface area contributed by atoms with Crippen LogP contribution in [0.1, 0.15) is 48.9 Å². The highest BCUT2D eigenvalue weighted by atomic mass is 79.9. The van der Waals surface area contributed by atoms with Gasteiger partial charge in [0.1, 0.15) is 6.04 Å². The van der Waals surface area contributed by atoms with Gasteiger partial charge in [0, 0.05) is 36.4 Å². The van der Waals surface area contributed by atoms with Crippen molar-refractivity contribution in [2.24, 2.45) is 0 Å². The van der Waals surface area contributed by atoms with Gasteiger partial charge < -0.3 is 10.2 Å². The molecule has 3 aromatic carbocycles. The average molecular weight is 643 g/mol. The Kier molecular flexibility index (Phi) is 11.5. The number of carbonyl (C=O) groups is 2. The number of anilines is 1. The van der Waals surface area contributed by atoms with Crippen LogP contribution in [-0.4, -0.2) is 50.0 Å². The van der Waals surface area contributed by atoms with Crippen LogP contribution in [0.5, 0.6) is 0 Å². The number of nitrogens with zero attached hydrogens (tertiary/aromatic N) is 2. The second-order valence-corrected chi connectivity index (χ2v) is 13.5. The average Bonchev–Trinajstić information content (AvgIpc) is 2.91. The molecule has 0 spiro atoms. The normalized spacial score (nSPS) is 12.2. The first-order chi connectivity index (χ1) is 19.4. The zero-order chi connectivity index (χ0) is 30.2. The van der Waals surface area contributed by atoms with Gasteiger partial charge in [-0.15, -0.1) is 0 Å². The highest BCUT2D eigenvalue weighted by Gasteiger charge is 2.31. The summed E-state index contributed by atoms with van der Waals surface area (Å²) >= 11 is 3.46. The molecule has 1 atom stereocenters. The number of amides is 2. The molecule has 7 nitrogen and oxygen atoms in total. The van der Waals surface area contributed by atoms with Crippen molar-refractivity contribution in [1.82, 2.24) is 10.2 Å². The molecule has 0 heterocycles. The van der Waals surface area contributed by atoms with E-state index in [-0.39, 0.29) is 37.4 Å². The highest BCUT2D eigenvalue weighted by Crippen LogP contribution is 2.26. The molecule has 0 saturated heterocycles. The summed E-state index contributed by atoms with van der Waals surface area (Å²) in [6.45, 7) is 8.04. The number of nitrogens with one attached hydrogen (secondary N) is 1. The first-order valence-electron chi connectivity index (χ1n) is 13.8. The summed E-state index contributed by atoms with van der Waals surface area (Å²) < 4.78 is 27.8. The number of halogens is 1. The van der Waals surface area contributed by atoms with E-state index in [1.807, 2.05) is 94.4 Å². The lowest BCUT2D eigenvalue weighted by Gasteiger charge is -2.32. The molecule has 0 aromatic heterocycles. The third kappa shape index (κ3) is 9.43. The first kappa shape index (κ1) is 32.3. The van der Waals surface area contributed by atoms with Crippen molar-refractivity contribution >= 4 is 43.5 Å². The van der Waals surface area contributed by atoms with Gasteiger partial charge in [-0.1, -0.05) is 70.5 Å². The zero-order valence-electron chi connectivity index (χ0n) is 24.4. The van der Waals surface area contributed by atoms with Gasteiger partial charge in [-0.25, -0.2) is 8.42 Å². The predicted molar refractivity (Wildman–Crippen MR) is 169 cm³/mol. The lowest BCUT2D eigenvalue weighted by atomic mass is 10.0. The summed E-state index contributed by atoms with van der Waals surface area (Å²) in [5, 5.41) is 2.99. The highest BCUT2D eigenvalue weighted by molar-refractivity contribution is 9.10. The monoisotopic (exact) mass is 641 g/mol. The van der Waals surface area contributed by atoms with Crippen LogP contribution >= 0.6 is 15.9 Å². The van der Waals surface area contributed by atoms with Crippen molar-refractivity contribution in [2.45, 2.75) is 65.6 Å². The summed E-state index contributed by atoms with van der Waals surface area (Å²) in [5.41, 5.74) is 4.33. The van der Waals surface area contributed by atoms with E-state index >= 15 is 0 Å². The molecular formula is C32H40BrN3O4S. The summed E-state index contributed by atoms with van der Waals surface area (Å²) in [6, 6.07) is 22.1. The quantitative estimate of drug-likeness (QED) is 0.256. The number of benzene rings is 3. The summed E-state index contributed by atoms with van der Waals surface area (Å²) in [7, 11) is -3.57. The second kappa shape index (κ2) is 14.6. The number of hydrogen-bond donors (Lipinski definition) is 1. The topological polar surface area (TPSA) is 86.8 Å². The molecule has 0 aliphatic carbocycles. The summed E-state index contributed by atoms with van der Waals surface area (Å²) in [5.74, 6) is -0.426. The van der Waals surface area contributed by atoms with Gasteiger partial charge in [0.15, 0.2) is 0 Å². The molecule has 0 unspecified atom stereocenters. The van der Waals surface area contributed by atoms with Gasteiger partial charge in [-0.05, 0) is 74.6 Å². The lowest BCUT2D eigenvalue weighted by Crippen LogP contribution is -2.51. The van der Waals surface area contributed by atoms with Crippen molar-refractivity contribution in [3.63, 3.8) is 0 Å². The van der Waals surface area contributed by atoms with Crippen LogP contribution in [-0.2, 0) is 32.6 Å². The van der Waals surface area contributed by atoms with Crippen LogP contribution in [0.4, 0.5) is 5.69 Å². The van der Waals surface area contributed by atoms with Gasteiger partial charge in [-0.2, -0.15) is 0 Å². The molecule has 0 aliphatic rings. The largest absolute Gasteiger partial charge is 0.352 e. The maximum Gasteiger partial charge on any atom is 0.243 e. The smallest absolute Gasteiger partial charge is 0.243 e. The Labute approximate surface area is 253 Å². The molecule has 0 bridgehead atoms. The number of sulfonamides is 1. The van der Waals surface area contributed by atoms with E-state index in [1.54, 1.807) is 11.0 Å². The maximum atomic E-state index is 13.9. The Balaban J connectivity index is 1.89. The van der Waals surface area contributed by atoms with E-state index in [9.17, 15) is 18.0 Å². The molecule has 0 aliphatic heterocycles. The Morgan fingerprint density at radius 1 is 0.902 bits per heavy atom. The van der Waals surface area contributed by atoms with E-state index in [1.165, 1.54) is 10.6 Å². The van der Waals surface area contributed by atoms with Crippen LogP contribution in [0.15, 0.2) is 77.3 Å². The van der Waals surface area contributed by atoms with E-state index < -0.39 is 16.1 Å². The molecule has 220 valence electrons. The molecule has 0 saturated carbocycles. The minimum Gasteiger partial charge on any atom is -0.352 e. The molecule has 1 N–H and O–H groups in total. The minimum absolute atomic E-state index is 0.0909. The van der Waals surface area contributed by atoms with Gasteiger partial charge >= 0.3 is 0 Å². The molecule has 0 radical (unpaired) electrons. The van der Waals surface area contributed by atoms with Crippen LogP contribution < -0.4 is 9.62 Å². The van der Waals surface area contributed by atoms with Crippen molar-refractivity contribution in [1.29, 1.82) is 0 Å². The standard InChI is InChI=1S/C32H40BrN3O4S/c1-23(2)34-32(38)30(21-26-12-7-6-8-13-26)35(22-27-16-18-28(33)19-17-27)31(37)15-10-20-36(41(5,39)40)29-14-9-11-24(3)25(29)4/h6-9,11-14,16-19,23,30H,10,15,20-22H2,1-5H3,(H,34,38)/t30-/m0/s1. The fourth-order valence-corrected chi connectivity index (χ4v) is 5.99. The van der Waals surface area contributed by atoms with E-state index in [0.717, 1.165) is 26.7 Å². The predicted octanol–water partition coefficient (Wildman–Crippen LogP) is 5.78. The molecule has 3 rings (SSSR count). The van der Waals surface area contributed by atoms with Crippen LogP contribution in [0.2, 0.25) is 0 Å². The van der Waals surface area contributed by atoms with Gasteiger partial charge in [-0.3, -0.25) is 13.9 Å². The van der Waals surface area contributed by atoms with Gasteiger partial charge in [0.2, 0.25) is 21.8 Å². The van der Waals surface area contributed by atoms with Crippen molar-refractivity contribution in [3.05, 3.63) is 99.5 Å². The second-order valence-electron chi connectivity index (χ2n) is 10.7. The maximum absolute atomic E-state index is 13.9. The zero-order valence-corrected chi connectivity index (χ0v) is 26.8.